The highest BCUT2D eigenvalue weighted by atomic mass is 16.7. The summed E-state index contributed by atoms with van der Waals surface area (Å²) in [6.07, 6.45) is 2.89. The molecule has 6 heterocycles. The Kier molecular flexibility index (Phi) is 14.6. The predicted octanol–water partition coefficient (Wildman–Crippen LogP) is 10.2. The van der Waals surface area contributed by atoms with Crippen LogP contribution in [0.2, 0.25) is 0 Å². The zero-order valence-electron chi connectivity index (χ0n) is 46.3. The van der Waals surface area contributed by atoms with Crippen molar-refractivity contribution in [3.05, 3.63) is 95.8 Å². The standard InChI is InChI=1S/C58H73N9O10/c1-55(2,3)46(63-52(70)76-57(7,8)9)50(68)66-23-13-14-42(66)48-59-27-40(61-48)35-19-15-33(16-20-35)34-17-21-36(22-18-34)41-28-60-49(62-41)43-26-39(31-67(43)51(69)47(56(4,5)6)64-53(71)77-58(10,11)12)75-54(72)65-29-37-24-44-45(74-32-73-44)25-38(37)30-65/h15-22,24-25,27-28,39,42-43,46-47H,13-14,23,26,29-32H2,1-12H3,(H,59,61)(H,60,62)(H,63,70)(H,64,71)/t39-,42+,43?,46-,47-/m1/s1. The molecule has 3 aromatic carbocycles. The molecule has 0 spiro atoms. The molecule has 77 heavy (non-hydrogen) atoms. The van der Waals surface area contributed by atoms with Crippen molar-refractivity contribution in [2.45, 2.75) is 157 Å². The Balaban J connectivity index is 0.882. The number of H-pyrrole nitrogens is 2. The van der Waals surface area contributed by atoms with Gasteiger partial charge in [0.05, 0.1) is 36.2 Å². The average Bonchev–Trinajstić information content (AvgIpc) is 4.23. The zero-order valence-corrected chi connectivity index (χ0v) is 46.3. The van der Waals surface area contributed by atoms with Crippen LogP contribution in [0.4, 0.5) is 14.4 Å². The molecule has 410 valence electrons. The van der Waals surface area contributed by atoms with Gasteiger partial charge in [-0.2, -0.15) is 0 Å². The van der Waals surface area contributed by atoms with Crippen molar-refractivity contribution in [1.29, 1.82) is 0 Å². The highest BCUT2D eigenvalue weighted by Crippen LogP contribution is 2.41. The molecule has 0 saturated carbocycles. The summed E-state index contributed by atoms with van der Waals surface area (Å²) in [6.45, 7) is 23.5. The molecule has 1 unspecified atom stereocenters. The van der Waals surface area contributed by atoms with Crippen molar-refractivity contribution >= 4 is 30.1 Å². The predicted molar refractivity (Wildman–Crippen MR) is 287 cm³/mol. The lowest BCUT2D eigenvalue weighted by atomic mass is 9.85. The van der Waals surface area contributed by atoms with E-state index in [2.05, 4.69) is 20.6 Å². The lowest BCUT2D eigenvalue weighted by Crippen LogP contribution is -2.55. The minimum Gasteiger partial charge on any atom is -0.454 e. The van der Waals surface area contributed by atoms with Crippen molar-refractivity contribution < 1.29 is 47.7 Å². The number of amides is 5. The Bertz CT molecular complexity index is 2980. The molecular formula is C58H73N9O10. The molecule has 19 nitrogen and oxygen atoms in total. The molecular weight excluding hydrogens is 983 g/mol. The largest absolute Gasteiger partial charge is 0.454 e. The number of benzene rings is 3. The van der Waals surface area contributed by atoms with Crippen LogP contribution >= 0.6 is 0 Å². The SMILES string of the molecule is CC(C)(C)OC(=O)N[C@H](C(=O)N1C[C@H](OC(=O)N2Cc3cc4c(cc3C2)OCO4)CC1c1ncc(-c2ccc(-c3ccc(-c4c[nH]c([C@@H]5CCCN5C(=O)[C@@H](NC(=O)OC(C)(C)C)C(C)(C)C)n4)cc3)cc2)[nH]1)C(C)(C)C. The Labute approximate surface area is 450 Å². The number of aromatic amines is 2. The third-order valence-electron chi connectivity index (χ3n) is 14.1. The van der Waals surface area contributed by atoms with Crippen LogP contribution in [-0.4, -0.2) is 114 Å². The fourth-order valence-electron chi connectivity index (χ4n) is 10.3. The van der Waals surface area contributed by atoms with Gasteiger partial charge in [0.25, 0.3) is 0 Å². The molecule has 2 saturated heterocycles. The summed E-state index contributed by atoms with van der Waals surface area (Å²) in [4.78, 5) is 90.3. The topological polar surface area (TPSA) is 223 Å². The summed E-state index contributed by atoms with van der Waals surface area (Å²) in [5.74, 6) is 1.97. The van der Waals surface area contributed by atoms with Crippen molar-refractivity contribution in [2.75, 3.05) is 19.9 Å². The summed E-state index contributed by atoms with van der Waals surface area (Å²) in [5, 5.41) is 5.68. The molecule has 0 bridgehead atoms. The molecule has 9 rings (SSSR count). The minimum atomic E-state index is -0.981. The Morgan fingerprint density at radius 1 is 0.675 bits per heavy atom. The van der Waals surface area contributed by atoms with Gasteiger partial charge in [-0.1, -0.05) is 90.1 Å². The summed E-state index contributed by atoms with van der Waals surface area (Å²) < 4.78 is 28.4. The normalized spacial score (nSPS) is 19.2. The summed E-state index contributed by atoms with van der Waals surface area (Å²) in [5.41, 5.74) is 4.39. The van der Waals surface area contributed by atoms with E-state index in [9.17, 15) is 24.0 Å². The van der Waals surface area contributed by atoms with Crippen LogP contribution in [-0.2, 0) is 36.9 Å². The number of carbonyl (C=O) groups excluding carboxylic acids is 5. The molecule has 19 heteroatoms. The van der Waals surface area contributed by atoms with Crippen LogP contribution in [0.3, 0.4) is 0 Å². The van der Waals surface area contributed by atoms with E-state index in [1.165, 1.54) is 0 Å². The first kappa shape index (κ1) is 54.2. The maximum atomic E-state index is 14.8. The first-order valence-corrected chi connectivity index (χ1v) is 26.5. The number of nitrogens with one attached hydrogen (secondary N) is 4. The summed E-state index contributed by atoms with van der Waals surface area (Å²) >= 11 is 0. The fourth-order valence-corrected chi connectivity index (χ4v) is 10.3. The van der Waals surface area contributed by atoms with Crippen LogP contribution in [0.25, 0.3) is 33.6 Å². The molecule has 4 aliphatic rings. The van der Waals surface area contributed by atoms with Crippen molar-refractivity contribution in [1.82, 2.24) is 45.3 Å². The van der Waals surface area contributed by atoms with Gasteiger partial charge in [-0.25, -0.2) is 24.4 Å². The van der Waals surface area contributed by atoms with Crippen LogP contribution in [0.5, 0.6) is 11.5 Å². The molecule has 5 atom stereocenters. The van der Waals surface area contributed by atoms with Gasteiger partial charge in [0.2, 0.25) is 18.6 Å². The number of rotatable bonds is 10. The van der Waals surface area contributed by atoms with Gasteiger partial charge in [0, 0.05) is 37.8 Å². The van der Waals surface area contributed by atoms with Crippen LogP contribution in [0.15, 0.2) is 73.1 Å². The van der Waals surface area contributed by atoms with E-state index in [-0.39, 0.29) is 37.6 Å². The molecule has 2 aromatic heterocycles. The Morgan fingerprint density at radius 3 is 1.73 bits per heavy atom. The third-order valence-corrected chi connectivity index (χ3v) is 14.1. The number of imidazole rings is 2. The van der Waals surface area contributed by atoms with E-state index in [4.69, 9.17) is 33.7 Å². The van der Waals surface area contributed by atoms with Crippen molar-refractivity contribution in [3.8, 4) is 45.1 Å². The molecule has 0 radical (unpaired) electrons. The Hall–Kier alpha value is -7.57. The number of ether oxygens (including phenoxy) is 5. The van der Waals surface area contributed by atoms with Crippen LogP contribution < -0.4 is 20.1 Å². The van der Waals surface area contributed by atoms with Gasteiger partial charge >= 0.3 is 18.3 Å². The van der Waals surface area contributed by atoms with E-state index in [1.54, 1.807) is 57.5 Å². The number of likely N-dealkylation sites (tertiary alicyclic amines) is 2. The molecule has 4 N–H and O–H groups in total. The maximum absolute atomic E-state index is 14.8. The van der Waals surface area contributed by atoms with Crippen LogP contribution in [0.1, 0.15) is 137 Å². The van der Waals surface area contributed by atoms with Crippen LogP contribution in [0, 0.1) is 10.8 Å². The molecule has 5 aromatic rings. The molecule has 0 aliphatic carbocycles. The monoisotopic (exact) mass is 1060 g/mol. The zero-order chi connectivity index (χ0) is 55.4. The highest BCUT2D eigenvalue weighted by molar-refractivity contribution is 5.88. The number of alkyl carbamates (subject to hydrolysis) is 2. The second-order valence-electron chi connectivity index (χ2n) is 24.7. The number of hydrogen-bond donors (Lipinski definition) is 4. The first-order valence-electron chi connectivity index (χ1n) is 26.5. The summed E-state index contributed by atoms with van der Waals surface area (Å²) in [6, 6.07) is 17.4. The number of carbonyl (C=O) groups is 5. The first-order chi connectivity index (χ1) is 36.2. The fraction of sp³-hybridized carbons (Fsp3) is 0.500. The van der Waals surface area contributed by atoms with Crippen molar-refractivity contribution in [2.24, 2.45) is 10.8 Å². The second-order valence-corrected chi connectivity index (χ2v) is 24.7. The van der Waals surface area contributed by atoms with Gasteiger partial charge in [-0.3, -0.25) is 14.5 Å². The van der Waals surface area contributed by atoms with Gasteiger partial charge in [0.15, 0.2) is 11.5 Å². The van der Waals surface area contributed by atoms with Gasteiger partial charge in [0.1, 0.15) is 41.0 Å². The quantitative estimate of drug-likeness (QED) is 0.0960. The van der Waals surface area contributed by atoms with E-state index in [0.717, 1.165) is 57.6 Å². The Morgan fingerprint density at radius 2 is 1.19 bits per heavy atom. The average molecular weight is 1060 g/mol. The number of hydrogen-bond acceptors (Lipinski definition) is 12. The second kappa shape index (κ2) is 20.8. The molecule has 4 aliphatic heterocycles. The smallest absolute Gasteiger partial charge is 0.410 e. The maximum Gasteiger partial charge on any atom is 0.410 e. The van der Waals surface area contributed by atoms with Crippen molar-refractivity contribution in [3.63, 3.8) is 0 Å². The lowest BCUT2D eigenvalue weighted by Gasteiger charge is -2.35. The highest BCUT2D eigenvalue weighted by Gasteiger charge is 2.47. The van der Waals surface area contributed by atoms with Gasteiger partial charge < -0.3 is 54.1 Å². The minimum absolute atomic E-state index is 0.0776. The molecule has 2 fully saturated rings. The van der Waals surface area contributed by atoms with E-state index in [1.807, 2.05) is 113 Å². The number of nitrogens with zero attached hydrogens (tertiary/aromatic N) is 5. The number of fused-ring (bicyclic) bond motifs is 2. The number of aromatic nitrogens is 4. The van der Waals surface area contributed by atoms with Gasteiger partial charge in [-0.15, -0.1) is 0 Å². The van der Waals surface area contributed by atoms with E-state index >= 15 is 0 Å². The van der Waals surface area contributed by atoms with E-state index < -0.39 is 64.5 Å². The molecule has 5 amide bonds. The van der Waals surface area contributed by atoms with E-state index in [0.29, 0.717) is 42.8 Å². The van der Waals surface area contributed by atoms with Gasteiger partial charge in [-0.05, 0) is 105 Å². The third kappa shape index (κ3) is 12.3. The summed E-state index contributed by atoms with van der Waals surface area (Å²) in [7, 11) is 0. The lowest BCUT2D eigenvalue weighted by molar-refractivity contribution is -0.138.